The second kappa shape index (κ2) is 7.63. The number of carbonyl (C=O) groups is 2. The van der Waals surface area contributed by atoms with E-state index in [0.29, 0.717) is 24.3 Å². The molecule has 2 aliphatic heterocycles. The Hall–Kier alpha value is -2.87. The number of methoxy groups -OCH3 is 1. The van der Waals surface area contributed by atoms with Crippen LogP contribution in [0.25, 0.3) is 0 Å². The van der Waals surface area contributed by atoms with Gasteiger partial charge in [-0.25, -0.2) is 4.99 Å². The van der Waals surface area contributed by atoms with Crippen LogP contribution in [0.1, 0.15) is 28.8 Å². The van der Waals surface area contributed by atoms with Gasteiger partial charge in [0, 0.05) is 23.0 Å². The van der Waals surface area contributed by atoms with E-state index in [4.69, 9.17) is 4.74 Å². The third kappa shape index (κ3) is 3.60. The summed E-state index contributed by atoms with van der Waals surface area (Å²) in [6, 6.07) is 12.3. The molecule has 4 rings (SSSR count). The maximum absolute atomic E-state index is 12.7. The first-order chi connectivity index (χ1) is 13.5. The van der Waals surface area contributed by atoms with E-state index in [9.17, 15) is 9.59 Å². The molecule has 2 N–H and O–H groups in total. The number of benzene rings is 2. The zero-order valence-electron chi connectivity index (χ0n) is 15.2. The van der Waals surface area contributed by atoms with Crippen LogP contribution in [-0.4, -0.2) is 35.7 Å². The van der Waals surface area contributed by atoms with Crippen molar-refractivity contribution in [3.8, 4) is 5.75 Å². The molecule has 2 aromatic carbocycles. The van der Waals surface area contributed by atoms with Gasteiger partial charge in [-0.2, -0.15) is 0 Å². The lowest BCUT2D eigenvalue weighted by Crippen LogP contribution is -2.51. The van der Waals surface area contributed by atoms with Crippen molar-refractivity contribution in [2.45, 2.75) is 25.4 Å². The Morgan fingerprint density at radius 3 is 2.71 bits per heavy atom. The Labute approximate surface area is 170 Å². The third-order valence-electron chi connectivity index (χ3n) is 4.93. The average molecular weight is 443 g/mol. The van der Waals surface area contributed by atoms with Crippen molar-refractivity contribution in [2.75, 3.05) is 7.11 Å². The van der Waals surface area contributed by atoms with Gasteiger partial charge in [0.25, 0.3) is 11.8 Å². The molecule has 28 heavy (non-hydrogen) atoms. The highest BCUT2D eigenvalue weighted by Gasteiger charge is 2.37. The predicted molar refractivity (Wildman–Crippen MR) is 108 cm³/mol. The van der Waals surface area contributed by atoms with Crippen LogP contribution >= 0.6 is 15.9 Å². The Bertz CT molecular complexity index is 958. The van der Waals surface area contributed by atoms with Gasteiger partial charge in [0.05, 0.1) is 12.8 Å². The SMILES string of the molecule is COc1ccc(C(=O)NNC(=O)[C@@H]2CCC3=Nc4ccc(Br)cc4CN32)cc1. The molecular weight excluding hydrogens is 424 g/mol. The molecule has 0 aliphatic carbocycles. The number of amidine groups is 1. The van der Waals surface area contributed by atoms with Crippen LogP contribution < -0.4 is 15.6 Å². The topological polar surface area (TPSA) is 83.0 Å². The largest absolute Gasteiger partial charge is 0.497 e. The van der Waals surface area contributed by atoms with Crippen LogP contribution in [-0.2, 0) is 11.3 Å². The zero-order chi connectivity index (χ0) is 19.7. The number of fused-ring (bicyclic) bond motifs is 2. The quantitative estimate of drug-likeness (QED) is 0.715. The molecular formula is C20H19BrN4O3. The second-order valence-corrected chi connectivity index (χ2v) is 7.57. The molecule has 1 atom stereocenters. The fraction of sp³-hybridized carbons (Fsp3) is 0.250. The van der Waals surface area contributed by atoms with E-state index in [1.54, 1.807) is 31.4 Å². The van der Waals surface area contributed by atoms with Gasteiger partial charge in [-0.1, -0.05) is 15.9 Å². The fourth-order valence-electron chi connectivity index (χ4n) is 3.47. The van der Waals surface area contributed by atoms with Gasteiger partial charge >= 0.3 is 0 Å². The van der Waals surface area contributed by atoms with E-state index in [1.807, 2.05) is 23.1 Å². The maximum atomic E-state index is 12.7. The molecule has 144 valence electrons. The van der Waals surface area contributed by atoms with Crippen molar-refractivity contribution in [3.05, 3.63) is 58.1 Å². The minimum absolute atomic E-state index is 0.245. The average Bonchev–Trinajstić information content (AvgIpc) is 3.13. The first-order valence-electron chi connectivity index (χ1n) is 8.92. The molecule has 0 bridgehead atoms. The van der Waals surface area contributed by atoms with Gasteiger partial charge in [0.1, 0.15) is 17.6 Å². The van der Waals surface area contributed by atoms with E-state index in [2.05, 4.69) is 31.8 Å². The summed E-state index contributed by atoms with van der Waals surface area (Å²) in [6.07, 6.45) is 1.40. The summed E-state index contributed by atoms with van der Waals surface area (Å²) in [6.45, 7) is 0.623. The van der Waals surface area contributed by atoms with E-state index in [0.717, 1.165) is 28.0 Å². The number of ether oxygens (including phenoxy) is 1. The number of amides is 2. The lowest BCUT2D eigenvalue weighted by Gasteiger charge is -2.30. The molecule has 2 aromatic rings. The van der Waals surface area contributed by atoms with Gasteiger partial charge in [0.2, 0.25) is 0 Å². The second-order valence-electron chi connectivity index (χ2n) is 6.66. The van der Waals surface area contributed by atoms with Gasteiger partial charge in [0.15, 0.2) is 0 Å². The summed E-state index contributed by atoms with van der Waals surface area (Å²) >= 11 is 3.48. The normalized spacial score (nSPS) is 17.3. The lowest BCUT2D eigenvalue weighted by atomic mass is 10.1. The Morgan fingerprint density at radius 2 is 1.96 bits per heavy atom. The van der Waals surface area contributed by atoms with E-state index < -0.39 is 0 Å². The lowest BCUT2D eigenvalue weighted by molar-refractivity contribution is -0.125. The Kier molecular flexibility index (Phi) is 5.04. The number of rotatable bonds is 3. The first-order valence-corrected chi connectivity index (χ1v) is 9.71. The van der Waals surface area contributed by atoms with Crippen molar-refractivity contribution in [1.29, 1.82) is 0 Å². The summed E-state index contributed by atoms with van der Waals surface area (Å²) in [7, 11) is 1.56. The molecule has 0 aromatic heterocycles. The van der Waals surface area contributed by atoms with Gasteiger partial charge < -0.3 is 9.64 Å². The minimum atomic E-state index is -0.379. The van der Waals surface area contributed by atoms with Crippen molar-refractivity contribution >= 4 is 39.3 Å². The summed E-state index contributed by atoms with van der Waals surface area (Å²) in [4.78, 5) is 31.6. The molecule has 0 saturated carbocycles. The number of aliphatic imine (C=N–C) groups is 1. The number of nitrogens with one attached hydrogen (secondary N) is 2. The van der Waals surface area contributed by atoms with Crippen LogP contribution in [0.3, 0.4) is 0 Å². The van der Waals surface area contributed by atoms with E-state index >= 15 is 0 Å². The number of hydrazine groups is 1. The number of hydrogen-bond acceptors (Lipinski definition) is 5. The summed E-state index contributed by atoms with van der Waals surface area (Å²) in [5.41, 5.74) is 7.48. The Morgan fingerprint density at radius 1 is 1.18 bits per heavy atom. The molecule has 2 amide bonds. The third-order valence-corrected chi connectivity index (χ3v) is 5.43. The molecule has 2 aliphatic rings. The Balaban J connectivity index is 1.40. The summed E-state index contributed by atoms with van der Waals surface area (Å²) in [5, 5.41) is 0. The van der Waals surface area contributed by atoms with Crippen molar-refractivity contribution in [3.63, 3.8) is 0 Å². The molecule has 7 nitrogen and oxygen atoms in total. The summed E-state index contributed by atoms with van der Waals surface area (Å²) < 4.78 is 6.06. The van der Waals surface area contributed by atoms with Crippen LogP contribution in [0.2, 0.25) is 0 Å². The molecule has 1 fully saturated rings. The van der Waals surface area contributed by atoms with Crippen molar-refractivity contribution in [1.82, 2.24) is 15.8 Å². The van der Waals surface area contributed by atoms with Gasteiger partial charge in [-0.3, -0.25) is 20.4 Å². The highest BCUT2D eigenvalue weighted by atomic mass is 79.9. The molecule has 2 heterocycles. The smallest absolute Gasteiger partial charge is 0.269 e. The minimum Gasteiger partial charge on any atom is -0.497 e. The van der Waals surface area contributed by atoms with Gasteiger partial charge in [-0.05, 0) is 54.4 Å². The maximum Gasteiger partial charge on any atom is 0.269 e. The van der Waals surface area contributed by atoms with Crippen LogP contribution in [0, 0.1) is 0 Å². The van der Waals surface area contributed by atoms with E-state index in [-0.39, 0.29) is 17.9 Å². The number of hydrogen-bond donors (Lipinski definition) is 2. The highest BCUT2D eigenvalue weighted by molar-refractivity contribution is 9.10. The number of nitrogens with zero attached hydrogens (tertiary/aromatic N) is 2. The predicted octanol–water partition coefficient (Wildman–Crippen LogP) is 2.93. The van der Waals surface area contributed by atoms with Crippen LogP contribution in [0.5, 0.6) is 5.75 Å². The van der Waals surface area contributed by atoms with E-state index in [1.165, 1.54) is 0 Å². The monoisotopic (exact) mass is 442 g/mol. The molecule has 0 radical (unpaired) electrons. The molecule has 1 saturated heterocycles. The number of halogens is 1. The van der Waals surface area contributed by atoms with Crippen molar-refractivity contribution < 1.29 is 14.3 Å². The van der Waals surface area contributed by atoms with Crippen LogP contribution in [0.15, 0.2) is 51.9 Å². The highest BCUT2D eigenvalue weighted by Crippen LogP contribution is 2.34. The zero-order valence-corrected chi connectivity index (χ0v) is 16.8. The van der Waals surface area contributed by atoms with Crippen LogP contribution in [0.4, 0.5) is 5.69 Å². The van der Waals surface area contributed by atoms with Gasteiger partial charge in [-0.15, -0.1) is 0 Å². The van der Waals surface area contributed by atoms with Crippen molar-refractivity contribution in [2.24, 2.45) is 4.99 Å². The molecule has 8 heteroatoms. The molecule has 0 spiro atoms. The number of carbonyl (C=O) groups excluding carboxylic acids is 2. The first kappa shape index (κ1) is 18.5. The summed E-state index contributed by atoms with van der Waals surface area (Å²) in [5.74, 6) is 0.952. The standard InChI is InChI=1S/C20H19BrN4O3/c1-28-15-5-2-12(3-6-15)19(26)23-24-20(27)17-8-9-18-22-16-7-4-14(21)10-13(16)11-25(17)18/h2-7,10,17H,8-9,11H2,1H3,(H,23,26)(H,24,27)/t17-/m0/s1. The molecule has 0 unspecified atom stereocenters. The fourth-order valence-corrected chi connectivity index (χ4v) is 3.88.